The summed E-state index contributed by atoms with van der Waals surface area (Å²) in [5, 5.41) is 15.0. The average Bonchev–Trinajstić information content (AvgIpc) is 1.00. The van der Waals surface area contributed by atoms with Gasteiger partial charge >= 0.3 is 6.18 Å². The molecule has 0 spiro atoms. The number of hydrogen-bond donors (Lipinski definition) is 0. The summed E-state index contributed by atoms with van der Waals surface area (Å²) in [7, 11) is 0. The highest BCUT2D eigenvalue weighted by Gasteiger charge is 2.50. The fraction of sp³-hybridized carbons (Fsp3) is 0.489. The van der Waals surface area contributed by atoms with E-state index >= 15 is 0 Å². The summed E-state index contributed by atoms with van der Waals surface area (Å²) in [5.41, 5.74) is 8.01. The number of thiophene rings is 1. The fourth-order valence-electron chi connectivity index (χ4n) is 8.81. The zero-order valence-corrected chi connectivity index (χ0v) is 70.7. The molecular weight excluding hydrogens is 1290 g/mol. The third kappa shape index (κ3) is 37.2. The van der Waals surface area contributed by atoms with Crippen LogP contribution in [0, 0.1) is 11.3 Å². The van der Waals surface area contributed by atoms with Crippen molar-refractivity contribution >= 4 is 55.6 Å². The molecule has 7 aromatic carbocycles. The molecule has 0 bridgehead atoms. The summed E-state index contributed by atoms with van der Waals surface area (Å²) in [6.45, 7) is 61.7. The smallest absolute Gasteiger partial charge is 0.398 e. The predicted octanol–water partition coefficient (Wildman–Crippen LogP) is 33.6. The zero-order valence-electron chi connectivity index (χ0n) is 68.4. The molecule has 0 amide bonds. The standard InChI is InChI=1S/C12H14O.C12H14S.C11H13F3.C11H13N.2C11H16.C10H12Cl2.7C2H6/c1-3-9(2)11-5-4-10-6-7-13-12(10)8-11;1-3-9(2)10-4-5-12-11(8-10)6-7-13-12;1-3-10(2,11(12,13)14)9-7-5-4-6-8-9;1-3-11(2,9-12)10-7-5-4-6-8-10;2*1-4-11(2,3)10-8-6-5-7-9-10;1-3-7(2)8-4-5-9(11)10(12)6-8;7*1-2/h2*4-9H,3H2,1-2H3;4-8H,3H2,1-2H3;4-8H,3H2,1-2H3;2*5-9H,4H2,1-3H3;4-7H,3H2,1-2H3;7*1-2H3. The SMILES string of the molecule is CC.CC.CC.CC.CC.CC.CC.CCC(C)(C#N)c1ccccc1.CCC(C)(C)c1ccccc1.CCC(C)(C)c1ccccc1.CCC(C)(c1ccccc1)C(F)(F)F.CCC(C)c1ccc(Cl)c(Cl)c1.CCC(C)c1ccc2ccoc2c1.CCC(C)c1ccc2sccc2c1. The first-order valence-corrected chi connectivity index (χ1v) is 39.5. The maximum atomic E-state index is 12.8. The molecule has 9 rings (SSSR count). The Morgan fingerprint density at radius 1 is 0.400 bits per heavy atom. The number of benzene rings is 7. The van der Waals surface area contributed by atoms with Crippen LogP contribution in [0.3, 0.4) is 0 Å². The lowest BCUT2D eigenvalue weighted by Crippen LogP contribution is -2.38. The van der Waals surface area contributed by atoms with Gasteiger partial charge in [0.15, 0.2) is 0 Å². The van der Waals surface area contributed by atoms with Crippen molar-refractivity contribution in [1.29, 1.82) is 5.26 Å². The van der Waals surface area contributed by atoms with Crippen LogP contribution in [0.4, 0.5) is 13.2 Å². The van der Waals surface area contributed by atoms with Crippen LogP contribution in [0.15, 0.2) is 204 Å². The van der Waals surface area contributed by atoms with Gasteiger partial charge in [-0.25, -0.2) is 0 Å². The maximum absolute atomic E-state index is 12.8. The zero-order chi connectivity index (χ0) is 78.1. The molecule has 0 fully saturated rings. The highest BCUT2D eigenvalue weighted by molar-refractivity contribution is 7.17. The van der Waals surface area contributed by atoms with Gasteiger partial charge < -0.3 is 4.42 Å². The van der Waals surface area contributed by atoms with Crippen LogP contribution >= 0.6 is 34.5 Å². The van der Waals surface area contributed by atoms with Gasteiger partial charge in [-0.2, -0.15) is 18.4 Å². The Kier molecular flexibility index (Phi) is 60.9. The summed E-state index contributed by atoms with van der Waals surface area (Å²) < 4.78 is 45.1. The molecule has 0 saturated heterocycles. The van der Waals surface area contributed by atoms with Crippen LogP contribution in [0.5, 0.6) is 0 Å². The highest BCUT2D eigenvalue weighted by Crippen LogP contribution is 2.43. The number of hydrogen-bond acceptors (Lipinski definition) is 3. The molecule has 2 heterocycles. The van der Waals surface area contributed by atoms with E-state index in [1.54, 1.807) is 31.4 Å². The van der Waals surface area contributed by atoms with Crippen molar-refractivity contribution in [3.8, 4) is 6.07 Å². The van der Waals surface area contributed by atoms with E-state index in [-0.39, 0.29) is 11.8 Å². The Hall–Kier alpha value is -6.10. The average molecular weight is 1440 g/mol. The topological polar surface area (TPSA) is 36.9 Å². The van der Waals surface area contributed by atoms with E-state index in [2.05, 4.69) is 198 Å². The van der Waals surface area contributed by atoms with E-state index in [9.17, 15) is 13.2 Å². The van der Waals surface area contributed by atoms with Crippen molar-refractivity contribution in [2.24, 2.45) is 0 Å². The van der Waals surface area contributed by atoms with E-state index in [0.717, 1.165) is 24.0 Å². The van der Waals surface area contributed by atoms with Crippen molar-refractivity contribution in [2.45, 2.75) is 298 Å². The second-order valence-corrected chi connectivity index (χ2v) is 25.7. The first-order chi connectivity index (χ1) is 47.7. The van der Waals surface area contributed by atoms with Crippen molar-refractivity contribution < 1.29 is 17.6 Å². The van der Waals surface area contributed by atoms with Gasteiger partial charge in [0.2, 0.25) is 0 Å². The molecule has 5 atom stereocenters. The molecule has 560 valence electrons. The Morgan fingerprint density at radius 3 is 1.11 bits per heavy atom. The van der Waals surface area contributed by atoms with Gasteiger partial charge in [0.05, 0.1) is 33.2 Å². The molecule has 0 aliphatic carbocycles. The second kappa shape index (κ2) is 59.4. The lowest BCUT2D eigenvalue weighted by atomic mass is 9.79. The molecule has 8 heteroatoms. The normalized spacial score (nSPS) is 12.1. The number of nitrogens with zero attached hydrogens (tertiary/aromatic N) is 1. The third-order valence-electron chi connectivity index (χ3n) is 17.4. The van der Waals surface area contributed by atoms with Crippen molar-refractivity contribution in [2.75, 3.05) is 0 Å². The number of fused-ring (bicyclic) bond motifs is 2. The molecule has 2 nitrogen and oxygen atoms in total. The molecule has 100 heavy (non-hydrogen) atoms. The number of rotatable bonds is 14. The largest absolute Gasteiger partial charge is 0.464 e. The van der Waals surface area contributed by atoms with Gasteiger partial charge in [-0.1, -0.05) is 369 Å². The summed E-state index contributed by atoms with van der Waals surface area (Å²) in [6.07, 6.45) is 4.36. The molecule has 9 aromatic rings. The summed E-state index contributed by atoms with van der Waals surface area (Å²) >= 11 is 13.5. The van der Waals surface area contributed by atoms with E-state index in [1.165, 1.54) is 88.0 Å². The molecule has 0 aliphatic heterocycles. The van der Waals surface area contributed by atoms with Crippen LogP contribution in [-0.2, 0) is 21.7 Å². The molecular formula is C92H140Cl2F3NOS. The monoisotopic (exact) mass is 1430 g/mol. The predicted molar refractivity (Wildman–Crippen MR) is 449 cm³/mol. The fourth-order valence-corrected chi connectivity index (χ4v) is 9.89. The van der Waals surface area contributed by atoms with Crippen LogP contribution in [0.2, 0.25) is 10.0 Å². The Morgan fingerprint density at radius 2 is 0.760 bits per heavy atom. The number of alkyl halides is 3. The van der Waals surface area contributed by atoms with Crippen LogP contribution in [-0.4, -0.2) is 6.18 Å². The first-order valence-electron chi connectivity index (χ1n) is 37.8. The maximum Gasteiger partial charge on any atom is 0.398 e. The van der Waals surface area contributed by atoms with Gasteiger partial charge in [0.1, 0.15) is 5.58 Å². The van der Waals surface area contributed by atoms with Crippen molar-refractivity contribution in [3.05, 3.63) is 249 Å². The number of nitriles is 1. The van der Waals surface area contributed by atoms with E-state index in [1.807, 2.05) is 177 Å². The van der Waals surface area contributed by atoms with E-state index < -0.39 is 11.6 Å². The van der Waals surface area contributed by atoms with Gasteiger partial charge in [0, 0.05) is 10.1 Å². The molecule has 0 saturated carbocycles. The summed E-state index contributed by atoms with van der Waals surface area (Å²) in [6, 6.07) is 64.9. The third-order valence-corrected chi connectivity index (χ3v) is 19.1. The van der Waals surface area contributed by atoms with Crippen LogP contribution in [0.25, 0.3) is 21.1 Å². The number of furan rings is 1. The minimum atomic E-state index is -4.19. The van der Waals surface area contributed by atoms with Gasteiger partial charge in [0.25, 0.3) is 0 Å². The van der Waals surface area contributed by atoms with E-state index in [4.69, 9.17) is 32.9 Å². The molecule has 0 N–H and O–H groups in total. The number of halogens is 5. The Balaban J connectivity index is -0.000000341. The summed E-state index contributed by atoms with van der Waals surface area (Å²) in [5.74, 6) is 1.86. The lowest BCUT2D eigenvalue weighted by Gasteiger charge is -2.31. The van der Waals surface area contributed by atoms with Crippen molar-refractivity contribution in [3.63, 3.8) is 0 Å². The molecule has 0 radical (unpaired) electrons. The molecule has 2 aromatic heterocycles. The van der Waals surface area contributed by atoms with Crippen LogP contribution < -0.4 is 0 Å². The Labute approximate surface area is 627 Å². The minimum absolute atomic E-state index is 0.0561. The van der Waals surface area contributed by atoms with Crippen LogP contribution in [0.1, 0.15) is 309 Å². The Bertz CT molecular complexity index is 3200. The van der Waals surface area contributed by atoms with Gasteiger partial charge in [-0.3, -0.25) is 0 Å². The van der Waals surface area contributed by atoms with Crippen molar-refractivity contribution in [1.82, 2.24) is 0 Å². The molecule has 5 unspecified atom stereocenters. The highest BCUT2D eigenvalue weighted by atomic mass is 35.5. The van der Waals surface area contributed by atoms with Gasteiger partial charge in [-0.15, -0.1) is 11.3 Å². The quantitative estimate of drug-likeness (QED) is 0.109. The summed E-state index contributed by atoms with van der Waals surface area (Å²) in [4.78, 5) is 0. The van der Waals surface area contributed by atoms with Gasteiger partial charge in [-0.05, 0) is 173 Å². The first kappa shape index (κ1) is 103. The molecule has 0 aliphatic rings. The minimum Gasteiger partial charge on any atom is -0.464 e. The van der Waals surface area contributed by atoms with E-state index in [0.29, 0.717) is 44.2 Å². The second-order valence-electron chi connectivity index (χ2n) is 24.0. The lowest BCUT2D eigenvalue weighted by molar-refractivity contribution is -0.186.